The van der Waals surface area contributed by atoms with Crippen LogP contribution < -0.4 is 15.2 Å². The summed E-state index contributed by atoms with van der Waals surface area (Å²) < 4.78 is 24.9. The minimum atomic E-state index is -0.596. The lowest BCUT2D eigenvalue weighted by molar-refractivity contribution is 0.380. The van der Waals surface area contributed by atoms with Crippen molar-refractivity contribution in [1.82, 2.24) is 0 Å². The number of ether oxygens (including phenoxy) is 2. The molecule has 0 saturated carbocycles. The molecule has 0 saturated heterocycles. The van der Waals surface area contributed by atoms with Crippen LogP contribution in [-0.4, -0.2) is 7.11 Å². The molecule has 2 aromatic carbocycles. The van der Waals surface area contributed by atoms with Crippen LogP contribution in [0.25, 0.3) is 0 Å². The van der Waals surface area contributed by atoms with Crippen molar-refractivity contribution in [2.45, 2.75) is 5.92 Å². The van der Waals surface area contributed by atoms with Crippen LogP contribution >= 0.6 is 0 Å². The highest BCUT2D eigenvalue weighted by atomic mass is 19.1. The molecule has 22 heavy (non-hydrogen) atoms. The molecular weight excluding hydrogens is 283 g/mol. The minimum Gasteiger partial charge on any atom is -0.497 e. The van der Waals surface area contributed by atoms with Gasteiger partial charge in [0.15, 0.2) is 0 Å². The fourth-order valence-electron chi connectivity index (χ4n) is 2.59. The summed E-state index contributed by atoms with van der Waals surface area (Å²) in [6.07, 6.45) is 0. The molecule has 1 aliphatic heterocycles. The summed E-state index contributed by atoms with van der Waals surface area (Å²) in [6.45, 7) is 0. The molecule has 0 fully saturated rings. The smallest absolute Gasteiger partial charge is 0.205 e. The van der Waals surface area contributed by atoms with Crippen molar-refractivity contribution in [2.24, 2.45) is 5.73 Å². The molecule has 0 radical (unpaired) electrons. The zero-order valence-electron chi connectivity index (χ0n) is 11.8. The first kappa shape index (κ1) is 14.0. The first-order chi connectivity index (χ1) is 10.7. The number of fused-ring (bicyclic) bond motifs is 1. The van der Waals surface area contributed by atoms with Gasteiger partial charge in [0.05, 0.1) is 13.0 Å². The Kier molecular flexibility index (Phi) is 3.43. The van der Waals surface area contributed by atoms with Crippen LogP contribution in [0.5, 0.6) is 11.5 Å². The van der Waals surface area contributed by atoms with Crippen molar-refractivity contribution in [1.29, 1.82) is 5.26 Å². The highest BCUT2D eigenvalue weighted by molar-refractivity contribution is 5.57. The normalized spacial score (nSPS) is 16.5. The van der Waals surface area contributed by atoms with E-state index < -0.39 is 11.7 Å². The van der Waals surface area contributed by atoms with E-state index in [0.29, 0.717) is 22.6 Å². The fraction of sp³-hybridized carbons (Fsp3) is 0.118. The number of allylic oxidation sites excluding steroid dienone is 1. The lowest BCUT2D eigenvalue weighted by Crippen LogP contribution is -2.21. The van der Waals surface area contributed by atoms with Crippen LogP contribution in [0.4, 0.5) is 4.39 Å². The molecule has 0 unspecified atom stereocenters. The molecule has 1 heterocycles. The summed E-state index contributed by atoms with van der Waals surface area (Å²) in [5.74, 6) is 0.0532. The van der Waals surface area contributed by atoms with Gasteiger partial charge in [-0.3, -0.25) is 0 Å². The van der Waals surface area contributed by atoms with Gasteiger partial charge < -0.3 is 15.2 Å². The van der Waals surface area contributed by atoms with Crippen molar-refractivity contribution >= 4 is 0 Å². The average molecular weight is 296 g/mol. The summed E-state index contributed by atoms with van der Waals surface area (Å²) in [4.78, 5) is 0. The first-order valence-electron chi connectivity index (χ1n) is 6.65. The molecule has 2 aromatic rings. The van der Waals surface area contributed by atoms with E-state index in [4.69, 9.17) is 15.2 Å². The molecule has 1 atom stereocenters. The molecule has 0 aliphatic carbocycles. The lowest BCUT2D eigenvalue weighted by atomic mass is 9.83. The standard InChI is InChI=1S/C17H13FN2O2/c1-21-10-6-7-12-15(8-10)22-17(20)13(9-19)16(12)11-4-2-3-5-14(11)18/h2-8,16H,20H2,1H3/t16-/m0/s1. The molecule has 0 bridgehead atoms. The van der Waals surface area contributed by atoms with E-state index in [1.165, 1.54) is 6.07 Å². The number of nitrogens with zero attached hydrogens (tertiary/aromatic N) is 1. The Morgan fingerprint density at radius 1 is 1.23 bits per heavy atom. The van der Waals surface area contributed by atoms with Gasteiger partial charge in [-0.1, -0.05) is 24.3 Å². The third-order valence-electron chi connectivity index (χ3n) is 3.64. The van der Waals surface area contributed by atoms with E-state index >= 15 is 0 Å². The van der Waals surface area contributed by atoms with Crippen molar-refractivity contribution < 1.29 is 13.9 Å². The predicted molar refractivity (Wildman–Crippen MR) is 78.7 cm³/mol. The molecule has 0 aromatic heterocycles. The number of rotatable bonds is 2. The highest BCUT2D eigenvalue weighted by Crippen LogP contribution is 2.43. The highest BCUT2D eigenvalue weighted by Gasteiger charge is 2.32. The third-order valence-corrected chi connectivity index (χ3v) is 3.64. The number of nitriles is 1. The van der Waals surface area contributed by atoms with Gasteiger partial charge >= 0.3 is 0 Å². The first-order valence-corrected chi connectivity index (χ1v) is 6.65. The summed E-state index contributed by atoms with van der Waals surface area (Å²) in [5, 5.41) is 9.40. The van der Waals surface area contributed by atoms with Gasteiger partial charge in [-0.25, -0.2) is 4.39 Å². The monoisotopic (exact) mass is 296 g/mol. The Balaban J connectivity index is 2.24. The molecule has 5 heteroatoms. The van der Waals surface area contributed by atoms with E-state index in [0.717, 1.165) is 0 Å². The molecule has 4 nitrogen and oxygen atoms in total. The lowest BCUT2D eigenvalue weighted by Gasteiger charge is -2.26. The zero-order valence-corrected chi connectivity index (χ0v) is 11.8. The Morgan fingerprint density at radius 3 is 2.68 bits per heavy atom. The molecule has 110 valence electrons. The second kappa shape index (κ2) is 5.41. The van der Waals surface area contributed by atoms with Crippen molar-refractivity contribution in [3.8, 4) is 17.6 Å². The summed E-state index contributed by atoms with van der Waals surface area (Å²) in [6, 6.07) is 13.5. The SMILES string of the molecule is COc1ccc2c(c1)OC(N)=C(C#N)[C@H]2c1ccccc1F. The van der Waals surface area contributed by atoms with Crippen molar-refractivity contribution in [2.75, 3.05) is 7.11 Å². The summed E-state index contributed by atoms with van der Waals surface area (Å²) in [7, 11) is 1.54. The number of hydrogen-bond acceptors (Lipinski definition) is 4. The maximum Gasteiger partial charge on any atom is 0.205 e. The van der Waals surface area contributed by atoms with Gasteiger partial charge in [0.2, 0.25) is 5.88 Å². The van der Waals surface area contributed by atoms with E-state index in [1.54, 1.807) is 43.5 Å². The number of halogens is 1. The Morgan fingerprint density at radius 2 is 2.00 bits per heavy atom. The van der Waals surface area contributed by atoms with Gasteiger partial charge in [0.25, 0.3) is 0 Å². The van der Waals surface area contributed by atoms with Crippen LogP contribution in [0.2, 0.25) is 0 Å². The second-order valence-corrected chi connectivity index (χ2v) is 4.85. The zero-order chi connectivity index (χ0) is 15.7. The number of benzene rings is 2. The maximum absolute atomic E-state index is 14.2. The van der Waals surface area contributed by atoms with E-state index in [1.807, 2.05) is 6.07 Å². The Hall–Kier alpha value is -3.00. The quantitative estimate of drug-likeness (QED) is 0.924. The topological polar surface area (TPSA) is 68.3 Å². The van der Waals surface area contributed by atoms with Crippen LogP contribution in [-0.2, 0) is 0 Å². The fourth-order valence-corrected chi connectivity index (χ4v) is 2.59. The maximum atomic E-state index is 14.2. The van der Waals surface area contributed by atoms with Crippen LogP contribution in [0.15, 0.2) is 53.9 Å². The van der Waals surface area contributed by atoms with Gasteiger partial charge in [-0.2, -0.15) is 5.26 Å². The van der Waals surface area contributed by atoms with Crippen LogP contribution in [0.3, 0.4) is 0 Å². The molecule has 0 spiro atoms. The average Bonchev–Trinajstić information content (AvgIpc) is 2.53. The summed E-state index contributed by atoms with van der Waals surface area (Å²) in [5.41, 5.74) is 7.11. The van der Waals surface area contributed by atoms with Crippen molar-refractivity contribution in [3.63, 3.8) is 0 Å². The molecule has 3 rings (SSSR count). The van der Waals surface area contributed by atoms with Crippen LogP contribution in [0.1, 0.15) is 17.0 Å². The Labute approximate surface area is 127 Å². The molecule has 0 amide bonds. The van der Waals surface area contributed by atoms with Crippen LogP contribution in [0, 0.1) is 17.1 Å². The number of nitrogens with two attached hydrogens (primary N) is 1. The predicted octanol–water partition coefficient (Wildman–Crippen LogP) is 3.05. The van der Waals surface area contributed by atoms with E-state index in [2.05, 4.69) is 0 Å². The number of methoxy groups -OCH3 is 1. The second-order valence-electron chi connectivity index (χ2n) is 4.85. The third kappa shape index (κ3) is 2.15. The van der Waals surface area contributed by atoms with Gasteiger partial charge in [-0.15, -0.1) is 0 Å². The number of hydrogen-bond donors (Lipinski definition) is 1. The van der Waals surface area contributed by atoms with Gasteiger partial charge in [0, 0.05) is 17.2 Å². The molecule has 2 N–H and O–H groups in total. The molecule has 1 aliphatic rings. The molecular formula is C17H13FN2O2. The van der Waals surface area contributed by atoms with Gasteiger partial charge in [-0.05, 0) is 12.1 Å². The largest absolute Gasteiger partial charge is 0.497 e. The Bertz CT molecular complexity index is 809. The van der Waals surface area contributed by atoms with E-state index in [-0.39, 0.29) is 11.5 Å². The van der Waals surface area contributed by atoms with E-state index in [9.17, 15) is 9.65 Å². The van der Waals surface area contributed by atoms with Crippen molar-refractivity contribution in [3.05, 3.63) is 70.9 Å². The van der Waals surface area contributed by atoms with Gasteiger partial charge in [0.1, 0.15) is 29.0 Å². The minimum absolute atomic E-state index is 0.0171. The summed E-state index contributed by atoms with van der Waals surface area (Å²) >= 11 is 0.